The number of hydrogen-bond acceptors (Lipinski definition) is 1. The van der Waals surface area contributed by atoms with Crippen molar-refractivity contribution in [1.29, 1.82) is 0 Å². The van der Waals surface area contributed by atoms with Crippen molar-refractivity contribution in [3.8, 4) is 0 Å². The number of carbonyl (C=O) groups is 1. The van der Waals surface area contributed by atoms with Crippen molar-refractivity contribution in [2.24, 2.45) is 0 Å². The van der Waals surface area contributed by atoms with Crippen LogP contribution in [0, 0.1) is 6.92 Å². The molecule has 0 aromatic heterocycles. The molecule has 2 nitrogen and oxygen atoms in total. The predicted molar refractivity (Wildman–Crippen MR) is 79.1 cm³/mol. The Morgan fingerprint density at radius 3 is 2.58 bits per heavy atom. The quantitative estimate of drug-likeness (QED) is 0.775. The van der Waals surface area contributed by atoms with Gasteiger partial charge in [-0.25, -0.2) is 0 Å². The standard InChI is InChI=1S/C16H12ClNO/c1-10-2-4-11(5-3-10)8-14-13-7-6-12(17)9-15(13)18-16(14)19/h2-9H,1H3,(H,18,19)/b14-8-. The van der Waals surface area contributed by atoms with E-state index in [1.54, 1.807) is 12.1 Å². The Kier molecular flexibility index (Phi) is 2.88. The summed E-state index contributed by atoms with van der Waals surface area (Å²) in [6.45, 7) is 2.04. The summed E-state index contributed by atoms with van der Waals surface area (Å²) in [6.07, 6.45) is 1.90. The van der Waals surface area contributed by atoms with Gasteiger partial charge in [0.05, 0.1) is 5.69 Å². The third kappa shape index (κ3) is 2.27. The summed E-state index contributed by atoms with van der Waals surface area (Å²) in [7, 11) is 0. The maximum atomic E-state index is 12.0. The minimum absolute atomic E-state index is 0.0853. The second-order valence-electron chi connectivity index (χ2n) is 4.61. The number of nitrogens with one attached hydrogen (secondary N) is 1. The SMILES string of the molecule is Cc1ccc(/C=C2\C(=O)Nc3cc(Cl)ccc32)cc1. The summed E-state index contributed by atoms with van der Waals surface area (Å²) in [5.41, 5.74) is 4.56. The van der Waals surface area contributed by atoms with Crippen molar-refractivity contribution >= 4 is 34.8 Å². The van der Waals surface area contributed by atoms with Gasteiger partial charge >= 0.3 is 0 Å². The Bertz CT molecular complexity index is 686. The molecule has 0 atom stereocenters. The van der Waals surface area contributed by atoms with Gasteiger partial charge in [0.15, 0.2) is 0 Å². The van der Waals surface area contributed by atoms with Crippen LogP contribution in [0.2, 0.25) is 5.02 Å². The van der Waals surface area contributed by atoms with Gasteiger partial charge in [0.25, 0.3) is 5.91 Å². The van der Waals surface area contributed by atoms with E-state index in [0.717, 1.165) is 16.8 Å². The fourth-order valence-electron chi connectivity index (χ4n) is 2.14. The van der Waals surface area contributed by atoms with E-state index in [-0.39, 0.29) is 5.91 Å². The molecule has 0 bridgehead atoms. The number of rotatable bonds is 1. The van der Waals surface area contributed by atoms with E-state index in [1.165, 1.54) is 5.56 Å². The number of fused-ring (bicyclic) bond motifs is 1. The molecule has 1 N–H and O–H groups in total. The average molecular weight is 270 g/mol. The molecule has 1 heterocycles. The highest BCUT2D eigenvalue weighted by Gasteiger charge is 2.23. The minimum Gasteiger partial charge on any atom is -0.321 e. The number of hydrogen-bond donors (Lipinski definition) is 1. The van der Waals surface area contributed by atoms with Gasteiger partial charge in [0.1, 0.15) is 0 Å². The molecule has 0 spiro atoms. The molecule has 19 heavy (non-hydrogen) atoms. The molecule has 1 aliphatic rings. The Hall–Kier alpha value is -2.06. The highest BCUT2D eigenvalue weighted by Crippen LogP contribution is 2.34. The maximum Gasteiger partial charge on any atom is 0.256 e. The number of anilines is 1. The molecule has 1 amide bonds. The lowest BCUT2D eigenvalue weighted by Crippen LogP contribution is -2.03. The van der Waals surface area contributed by atoms with Gasteiger partial charge in [-0.1, -0.05) is 47.5 Å². The van der Waals surface area contributed by atoms with Crippen LogP contribution >= 0.6 is 11.6 Å². The fraction of sp³-hybridized carbons (Fsp3) is 0.0625. The smallest absolute Gasteiger partial charge is 0.256 e. The molecule has 3 rings (SSSR count). The van der Waals surface area contributed by atoms with Gasteiger partial charge in [-0.05, 0) is 30.7 Å². The van der Waals surface area contributed by atoms with Gasteiger partial charge in [-0.15, -0.1) is 0 Å². The molecule has 0 saturated carbocycles. The topological polar surface area (TPSA) is 29.1 Å². The van der Waals surface area contributed by atoms with Gasteiger partial charge in [0.2, 0.25) is 0 Å². The van der Waals surface area contributed by atoms with Crippen LogP contribution < -0.4 is 5.32 Å². The number of benzene rings is 2. The highest BCUT2D eigenvalue weighted by molar-refractivity contribution is 6.36. The van der Waals surface area contributed by atoms with Crippen LogP contribution in [-0.4, -0.2) is 5.91 Å². The van der Waals surface area contributed by atoms with Crippen molar-refractivity contribution in [3.05, 3.63) is 64.2 Å². The Morgan fingerprint density at radius 2 is 1.84 bits per heavy atom. The molecule has 0 unspecified atom stereocenters. The van der Waals surface area contributed by atoms with Crippen LogP contribution in [0.4, 0.5) is 5.69 Å². The number of aryl methyl sites for hydroxylation is 1. The molecule has 2 aromatic carbocycles. The molecule has 2 aromatic rings. The van der Waals surface area contributed by atoms with Crippen molar-refractivity contribution < 1.29 is 4.79 Å². The van der Waals surface area contributed by atoms with E-state index in [1.807, 2.05) is 43.3 Å². The first-order chi connectivity index (χ1) is 9.13. The van der Waals surface area contributed by atoms with Gasteiger partial charge < -0.3 is 5.32 Å². The van der Waals surface area contributed by atoms with E-state index >= 15 is 0 Å². The zero-order valence-electron chi connectivity index (χ0n) is 10.4. The van der Waals surface area contributed by atoms with Crippen LogP contribution in [0.15, 0.2) is 42.5 Å². The Balaban J connectivity index is 2.06. The second kappa shape index (κ2) is 4.56. The van der Waals surface area contributed by atoms with Crippen LogP contribution in [0.3, 0.4) is 0 Å². The van der Waals surface area contributed by atoms with Crippen LogP contribution in [0.25, 0.3) is 11.6 Å². The lowest BCUT2D eigenvalue weighted by molar-refractivity contribution is -0.110. The molecule has 0 saturated heterocycles. The summed E-state index contributed by atoms with van der Waals surface area (Å²) >= 11 is 5.93. The summed E-state index contributed by atoms with van der Waals surface area (Å²) in [4.78, 5) is 12.0. The first-order valence-corrected chi connectivity index (χ1v) is 6.41. The molecule has 0 fully saturated rings. The minimum atomic E-state index is -0.0853. The van der Waals surface area contributed by atoms with Crippen molar-refractivity contribution in [1.82, 2.24) is 0 Å². The summed E-state index contributed by atoms with van der Waals surface area (Å²) < 4.78 is 0. The normalized spacial score (nSPS) is 15.5. The lowest BCUT2D eigenvalue weighted by atomic mass is 10.0. The molecule has 0 radical (unpaired) electrons. The summed E-state index contributed by atoms with van der Waals surface area (Å²) in [5.74, 6) is -0.0853. The van der Waals surface area contributed by atoms with E-state index in [2.05, 4.69) is 5.32 Å². The Labute approximate surface area is 116 Å². The van der Waals surface area contributed by atoms with E-state index < -0.39 is 0 Å². The lowest BCUT2D eigenvalue weighted by Gasteiger charge is -1.99. The zero-order valence-corrected chi connectivity index (χ0v) is 11.2. The first kappa shape index (κ1) is 12.0. The molecular formula is C16H12ClNO. The van der Waals surface area contributed by atoms with E-state index in [9.17, 15) is 4.79 Å². The summed E-state index contributed by atoms with van der Waals surface area (Å²) in [5, 5.41) is 3.45. The number of amides is 1. The largest absolute Gasteiger partial charge is 0.321 e. The highest BCUT2D eigenvalue weighted by atomic mass is 35.5. The third-order valence-corrected chi connectivity index (χ3v) is 3.39. The molecule has 0 aliphatic carbocycles. The summed E-state index contributed by atoms with van der Waals surface area (Å²) in [6, 6.07) is 13.5. The second-order valence-corrected chi connectivity index (χ2v) is 5.05. The van der Waals surface area contributed by atoms with Crippen molar-refractivity contribution in [2.45, 2.75) is 6.92 Å². The molecular weight excluding hydrogens is 258 g/mol. The van der Waals surface area contributed by atoms with E-state index in [0.29, 0.717) is 10.6 Å². The first-order valence-electron chi connectivity index (χ1n) is 6.03. The predicted octanol–water partition coefficient (Wildman–Crippen LogP) is 4.14. The maximum absolute atomic E-state index is 12.0. The number of halogens is 1. The third-order valence-electron chi connectivity index (χ3n) is 3.15. The van der Waals surface area contributed by atoms with Crippen LogP contribution in [0.1, 0.15) is 16.7 Å². The van der Waals surface area contributed by atoms with Crippen molar-refractivity contribution in [3.63, 3.8) is 0 Å². The molecule has 3 heteroatoms. The van der Waals surface area contributed by atoms with Gasteiger partial charge in [-0.2, -0.15) is 0 Å². The van der Waals surface area contributed by atoms with E-state index in [4.69, 9.17) is 11.6 Å². The molecule has 94 valence electrons. The van der Waals surface area contributed by atoms with Gasteiger partial charge in [-0.3, -0.25) is 4.79 Å². The monoisotopic (exact) mass is 269 g/mol. The fourth-order valence-corrected chi connectivity index (χ4v) is 2.31. The zero-order chi connectivity index (χ0) is 13.4. The van der Waals surface area contributed by atoms with Crippen molar-refractivity contribution in [2.75, 3.05) is 5.32 Å². The number of carbonyl (C=O) groups excluding carboxylic acids is 1. The molecule has 1 aliphatic heterocycles. The van der Waals surface area contributed by atoms with Crippen LogP contribution in [-0.2, 0) is 4.79 Å². The van der Waals surface area contributed by atoms with Gasteiger partial charge in [0, 0.05) is 16.2 Å². The Morgan fingerprint density at radius 1 is 1.11 bits per heavy atom. The van der Waals surface area contributed by atoms with Crippen LogP contribution in [0.5, 0.6) is 0 Å². The average Bonchev–Trinajstić information content (AvgIpc) is 2.68.